The molecule has 1 aromatic carbocycles. The molecule has 0 saturated carbocycles. The Morgan fingerprint density at radius 3 is 2.18 bits per heavy atom. The molecular formula is C21H26N2O4S. The zero-order valence-corrected chi connectivity index (χ0v) is 16.7. The van der Waals surface area contributed by atoms with Gasteiger partial charge in [-0.3, -0.25) is 4.90 Å². The second-order valence-corrected chi connectivity index (χ2v) is 7.88. The third kappa shape index (κ3) is 7.64. The molecule has 6 nitrogen and oxygen atoms in total. The zero-order valence-electron chi connectivity index (χ0n) is 15.9. The fourth-order valence-corrected chi connectivity index (χ4v) is 4.06. The van der Waals surface area contributed by atoms with Gasteiger partial charge in [-0.05, 0) is 35.7 Å². The van der Waals surface area contributed by atoms with Gasteiger partial charge in [-0.15, -0.1) is 11.3 Å². The van der Waals surface area contributed by atoms with Crippen LogP contribution in [0.5, 0.6) is 0 Å². The second kappa shape index (κ2) is 11.4. The molecule has 0 radical (unpaired) electrons. The maximum Gasteiger partial charge on any atom is 0.131 e. The molecule has 7 heteroatoms. The zero-order chi connectivity index (χ0) is 20.4. The fraction of sp³-hybridized carbons (Fsp3) is 0.333. The molecule has 2 aromatic rings. The first-order chi connectivity index (χ1) is 13.5. The van der Waals surface area contributed by atoms with Crippen LogP contribution < -0.4 is 20.0 Å². The number of quaternary nitrogens is 2. The standard InChI is InChI=1S/C17H22N2S.C4H4O4/c1-18-11-9-16(10-12-18)19(14-17-8-5-13-20-17)15-6-3-2-4-7-15;5-3(6)1-2-4(7)8/h2-8,13,16H,9-12,14H2,1H3;1-2H,(H,5,6)(H,7,8)/b;2-1-. The molecule has 0 bridgehead atoms. The Morgan fingerprint density at radius 2 is 1.68 bits per heavy atom. The SMILES string of the molecule is C[NH+]1CCC([NH+](Cc2cccs2)c2ccccc2)CC1.O=C([O-])/C=C\C(=O)[O-]. The van der Waals surface area contributed by atoms with Gasteiger partial charge in [0.05, 0.1) is 37.0 Å². The van der Waals surface area contributed by atoms with Gasteiger partial charge in [0.1, 0.15) is 18.3 Å². The minimum atomic E-state index is -1.55. The number of carboxylic acids is 2. The van der Waals surface area contributed by atoms with E-state index in [2.05, 4.69) is 54.9 Å². The minimum absolute atomic E-state index is 0.384. The number of likely N-dealkylation sites (tertiary alicyclic amines) is 1. The van der Waals surface area contributed by atoms with E-state index < -0.39 is 11.9 Å². The molecule has 1 saturated heterocycles. The Kier molecular flexibility index (Phi) is 8.87. The summed E-state index contributed by atoms with van der Waals surface area (Å²) in [4.78, 5) is 23.7. The number of aliphatic carboxylic acids is 2. The first kappa shape index (κ1) is 21.8. The van der Waals surface area contributed by atoms with E-state index in [0.717, 1.165) is 12.6 Å². The minimum Gasteiger partial charge on any atom is -0.545 e. The summed E-state index contributed by atoms with van der Waals surface area (Å²) in [5, 5.41) is 21.0. The lowest BCUT2D eigenvalue weighted by Crippen LogP contribution is -3.16. The highest BCUT2D eigenvalue weighted by molar-refractivity contribution is 7.09. The predicted octanol–water partition coefficient (Wildman–Crippen LogP) is -1.82. The maximum absolute atomic E-state index is 9.41. The van der Waals surface area contributed by atoms with Crippen molar-refractivity contribution in [3.8, 4) is 0 Å². The summed E-state index contributed by atoms with van der Waals surface area (Å²) in [6.45, 7) is 3.75. The van der Waals surface area contributed by atoms with E-state index in [1.165, 1.54) is 36.5 Å². The number of benzene rings is 1. The van der Waals surface area contributed by atoms with E-state index in [4.69, 9.17) is 0 Å². The van der Waals surface area contributed by atoms with Gasteiger partial charge in [-0.1, -0.05) is 24.3 Å². The lowest BCUT2D eigenvalue weighted by molar-refractivity contribution is -0.923. The van der Waals surface area contributed by atoms with Crippen molar-refractivity contribution >= 4 is 29.0 Å². The molecule has 1 aliphatic rings. The van der Waals surface area contributed by atoms with Gasteiger partial charge >= 0.3 is 0 Å². The average Bonchev–Trinajstić information content (AvgIpc) is 3.20. The number of para-hydroxylation sites is 1. The predicted molar refractivity (Wildman–Crippen MR) is 104 cm³/mol. The lowest BCUT2D eigenvalue weighted by atomic mass is 10.0. The number of thiophene rings is 1. The van der Waals surface area contributed by atoms with Crippen LogP contribution in [0.4, 0.5) is 5.69 Å². The van der Waals surface area contributed by atoms with Crippen LogP contribution in [0.1, 0.15) is 17.7 Å². The Bertz CT molecular complexity index is 738. The van der Waals surface area contributed by atoms with Gasteiger partial charge in [0.2, 0.25) is 0 Å². The van der Waals surface area contributed by atoms with E-state index in [1.54, 1.807) is 9.80 Å². The van der Waals surface area contributed by atoms with Crippen LogP contribution >= 0.6 is 11.3 Å². The molecule has 2 N–H and O–H groups in total. The number of carbonyl (C=O) groups is 2. The number of nitrogens with one attached hydrogen (secondary N) is 2. The molecular weight excluding hydrogens is 376 g/mol. The molecule has 0 spiro atoms. The Morgan fingerprint density at radius 1 is 1.07 bits per heavy atom. The summed E-state index contributed by atoms with van der Waals surface area (Å²) in [5.41, 5.74) is 1.45. The number of hydrogen-bond donors (Lipinski definition) is 2. The summed E-state index contributed by atoms with van der Waals surface area (Å²) >= 11 is 1.88. The normalized spacial score (nSPS) is 20.2. The second-order valence-electron chi connectivity index (χ2n) is 6.85. The molecule has 1 unspecified atom stereocenters. The summed E-state index contributed by atoms with van der Waals surface area (Å²) in [7, 11) is 2.32. The van der Waals surface area contributed by atoms with Crippen molar-refractivity contribution in [3.63, 3.8) is 0 Å². The molecule has 150 valence electrons. The molecule has 0 aliphatic carbocycles. The van der Waals surface area contributed by atoms with Crippen molar-refractivity contribution in [2.24, 2.45) is 0 Å². The van der Waals surface area contributed by atoms with Crippen molar-refractivity contribution in [1.29, 1.82) is 0 Å². The quantitative estimate of drug-likeness (QED) is 0.557. The Hall–Kier alpha value is -2.48. The van der Waals surface area contributed by atoms with Crippen molar-refractivity contribution in [3.05, 3.63) is 64.9 Å². The lowest BCUT2D eigenvalue weighted by Gasteiger charge is -2.32. The first-order valence-corrected chi connectivity index (χ1v) is 10.2. The third-order valence-electron chi connectivity index (χ3n) is 4.78. The summed E-state index contributed by atoms with van der Waals surface area (Å²) < 4.78 is 0. The van der Waals surface area contributed by atoms with Gasteiger partial charge in [0.25, 0.3) is 0 Å². The van der Waals surface area contributed by atoms with Gasteiger partial charge in [-0.2, -0.15) is 0 Å². The van der Waals surface area contributed by atoms with E-state index in [-0.39, 0.29) is 0 Å². The van der Waals surface area contributed by atoms with E-state index >= 15 is 0 Å². The van der Waals surface area contributed by atoms with Crippen LogP contribution in [-0.2, 0) is 16.1 Å². The van der Waals surface area contributed by atoms with Crippen LogP contribution in [0.3, 0.4) is 0 Å². The van der Waals surface area contributed by atoms with E-state index in [1.807, 2.05) is 11.3 Å². The van der Waals surface area contributed by atoms with Crippen molar-refractivity contribution in [1.82, 2.24) is 0 Å². The van der Waals surface area contributed by atoms with Crippen LogP contribution in [0.15, 0.2) is 60.0 Å². The Balaban J connectivity index is 0.000000300. The molecule has 1 fully saturated rings. The highest BCUT2D eigenvalue weighted by atomic mass is 32.1. The monoisotopic (exact) mass is 402 g/mol. The molecule has 0 amide bonds. The average molecular weight is 403 g/mol. The van der Waals surface area contributed by atoms with Gasteiger partial charge in [-0.25, -0.2) is 0 Å². The summed E-state index contributed by atoms with van der Waals surface area (Å²) in [5.74, 6) is -3.09. The number of rotatable bonds is 6. The highest BCUT2D eigenvalue weighted by Gasteiger charge is 2.30. The molecule has 28 heavy (non-hydrogen) atoms. The summed E-state index contributed by atoms with van der Waals surface area (Å²) in [6, 6.07) is 16.2. The molecule has 2 heterocycles. The molecule has 1 aromatic heterocycles. The number of carbonyl (C=O) groups excluding carboxylic acids is 2. The van der Waals surface area contributed by atoms with Crippen LogP contribution in [-0.4, -0.2) is 38.1 Å². The molecule has 3 rings (SSSR count). The van der Waals surface area contributed by atoms with Crippen molar-refractivity contribution in [2.45, 2.75) is 25.4 Å². The number of carboxylic acid groups (broad SMARTS) is 2. The fourth-order valence-electron chi connectivity index (χ4n) is 3.33. The maximum atomic E-state index is 9.41. The van der Waals surface area contributed by atoms with Gasteiger partial charge < -0.3 is 24.7 Å². The first-order valence-electron chi connectivity index (χ1n) is 9.30. The highest BCUT2D eigenvalue weighted by Crippen LogP contribution is 2.11. The molecule has 1 aliphatic heterocycles. The van der Waals surface area contributed by atoms with E-state index in [9.17, 15) is 19.8 Å². The Labute approximate surface area is 169 Å². The van der Waals surface area contributed by atoms with Crippen LogP contribution in [0, 0.1) is 0 Å². The summed E-state index contributed by atoms with van der Waals surface area (Å²) in [6.07, 6.45) is 3.44. The van der Waals surface area contributed by atoms with Crippen LogP contribution in [0.25, 0.3) is 0 Å². The van der Waals surface area contributed by atoms with Gasteiger partial charge in [0.15, 0.2) is 0 Å². The van der Waals surface area contributed by atoms with E-state index in [0.29, 0.717) is 12.2 Å². The van der Waals surface area contributed by atoms with Crippen LogP contribution in [0.2, 0.25) is 0 Å². The third-order valence-corrected chi connectivity index (χ3v) is 5.65. The topological polar surface area (TPSA) is 89.1 Å². The number of piperidine rings is 1. The van der Waals surface area contributed by atoms with Crippen molar-refractivity contribution in [2.75, 3.05) is 20.1 Å². The molecule has 1 atom stereocenters. The smallest absolute Gasteiger partial charge is 0.131 e. The van der Waals surface area contributed by atoms with Gasteiger partial charge in [0, 0.05) is 12.8 Å². The number of hydrogen-bond acceptors (Lipinski definition) is 5. The largest absolute Gasteiger partial charge is 0.545 e. The van der Waals surface area contributed by atoms with Crippen molar-refractivity contribution < 1.29 is 29.6 Å².